The highest BCUT2D eigenvalue weighted by molar-refractivity contribution is 5.71. The lowest BCUT2D eigenvalue weighted by atomic mass is 10.2. The van der Waals surface area contributed by atoms with Crippen molar-refractivity contribution in [3.05, 3.63) is 72.9 Å². The third-order valence-corrected chi connectivity index (χ3v) is 3.56. The van der Waals surface area contributed by atoms with Crippen molar-refractivity contribution in [2.75, 3.05) is 0 Å². The van der Waals surface area contributed by atoms with Gasteiger partial charge in [-0.1, -0.05) is 73.8 Å². The third kappa shape index (κ3) is 12.0. The number of carbonyl (C=O) groups is 1. The molecule has 1 saturated heterocycles. The Morgan fingerprint density at radius 1 is 1.04 bits per heavy atom. The van der Waals surface area contributed by atoms with Gasteiger partial charge in [-0.2, -0.15) is 0 Å². The average molecular weight is 342 g/mol. The predicted octanol–water partition coefficient (Wildman–Crippen LogP) is 4.97. The number of hydrogen-bond acceptors (Lipinski definition) is 3. The molecule has 25 heavy (non-hydrogen) atoms. The Morgan fingerprint density at radius 2 is 1.76 bits per heavy atom. The van der Waals surface area contributed by atoms with Crippen LogP contribution in [0.25, 0.3) is 0 Å². The number of allylic oxidation sites excluding steroid dienone is 9. The number of hydrogen-bond donors (Lipinski definition) is 1. The molecule has 1 heterocycles. The summed E-state index contributed by atoms with van der Waals surface area (Å²) in [5.74, 6) is -0.104. The van der Waals surface area contributed by atoms with Crippen LogP contribution in [0.15, 0.2) is 72.9 Å². The Bertz CT molecular complexity index is 535. The molecule has 0 bridgehead atoms. The van der Waals surface area contributed by atoms with E-state index < -0.39 is 6.10 Å². The van der Waals surface area contributed by atoms with E-state index >= 15 is 0 Å². The number of esters is 1. The van der Waals surface area contributed by atoms with E-state index in [2.05, 4.69) is 37.3 Å². The summed E-state index contributed by atoms with van der Waals surface area (Å²) in [5.41, 5.74) is 0. The van der Waals surface area contributed by atoms with Crippen molar-refractivity contribution in [3.63, 3.8) is 0 Å². The van der Waals surface area contributed by atoms with Crippen LogP contribution < -0.4 is 0 Å². The summed E-state index contributed by atoms with van der Waals surface area (Å²) >= 11 is 0. The van der Waals surface area contributed by atoms with Crippen molar-refractivity contribution in [1.82, 2.24) is 0 Å². The van der Waals surface area contributed by atoms with E-state index in [0.717, 1.165) is 25.7 Å². The lowest BCUT2D eigenvalue weighted by molar-refractivity contribution is -0.139. The molecule has 1 fully saturated rings. The highest BCUT2D eigenvalue weighted by Crippen LogP contribution is 2.14. The van der Waals surface area contributed by atoms with Crippen molar-refractivity contribution in [2.24, 2.45) is 0 Å². The number of rotatable bonds is 11. The van der Waals surface area contributed by atoms with E-state index in [0.29, 0.717) is 12.8 Å². The minimum atomic E-state index is -0.408. The van der Waals surface area contributed by atoms with Gasteiger partial charge in [0.15, 0.2) is 0 Å². The first-order valence-corrected chi connectivity index (χ1v) is 9.06. The molecule has 1 rings (SSSR count). The maximum atomic E-state index is 10.9. The Morgan fingerprint density at radius 3 is 2.40 bits per heavy atom. The van der Waals surface area contributed by atoms with Crippen LogP contribution in [0.4, 0.5) is 0 Å². The zero-order chi connectivity index (χ0) is 18.2. The molecule has 136 valence electrons. The van der Waals surface area contributed by atoms with Gasteiger partial charge in [0.25, 0.3) is 0 Å². The average Bonchev–Trinajstić information content (AvgIpc) is 3.01. The maximum absolute atomic E-state index is 10.9. The van der Waals surface area contributed by atoms with Crippen LogP contribution in [0.2, 0.25) is 0 Å². The zero-order valence-corrected chi connectivity index (χ0v) is 15.1. The van der Waals surface area contributed by atoms with Gasteiger partial charge in [-0.25, -0.2) is 0 Å². The molecule has 0 aromatic rings. The van der Waals surface area contributed by atoms with Gasteiger partial charge in [0.2, 0.25) is 0 Å². The highest BCUT2D eigenvalue weighted by Gasteiger charge is 2.19. The van der Waals surface area contributed by atoms with E-state index in [9.17, 15) is 9.90 Å². The van der Waals surface area contributed by atoms with E-state index in [1.165, 1.54) is 0 Å². The third-order valence-electron chi connectivity index (χ3n) is 3.56. The molecule has 1 N–H and O–H groups in total. The second-order valence-electron chi connectivity index (χ2n) is 5.82. The molecule has 3 nitrogen and oxygen atoms in total. The number of aliphatic hydroxyl groups is 1. The molecule has 0 radical (unpaired) electrons. The van der Waals surface area contributed by atoms with Crippen LogP contribution in [0.3, 0.4) is 0 Å². The smallest absolute Gasteiger partial charge is 0.306 e. The van der Waals surface area contributed by atoms with Gasteiger partial charge in [-0.05, 0) is 38.2 Å². The minimum Gasteiger partial charge on any atom is -0.458 e. The van der Waals surface area contributed by atoms with Gasteiger partial charge < -0.3 is 9.84 Å². The molecule has 0 aliphatic carbocycles. The Hall–Kier alpha value is -2.13. The summed E-state index contributed by atoms with van der Waals surface area (Å²) in [6.45, 7) is 2.08. The van der Waals surface area contributed by atoms with Gasteiger partial charge in [0.05, 0.1) is 6.10 Å². The molecule has 1 aliphatic rings. The van der Waals surface area contributed by atoms with Gasteiger partial charge in [-0.15, -0.1) is 0 Å². The molecule has 1 unspecified atom stereocenters. The van der Waals surface area contributed by atoms with Crippen molar-refractivity contribution < 1.29 is 14.6 Å². The predicted molar refractivity (Wildman–Crippen MR) is 104 cm³/mol. The van der Waals surface area contributed by atoms with Crippen LogP contribution in [-0.4, -0.2) is 23.3 Å². The fraction of sp³-hybridized carbons (Fsp3) is 0.409. The lowest BCUT2D eigenvalue weighted by Gasteiger charge is -1.99. The van der Waals surface area contributed by atoms with Gasteiger partial charge >= 0.3 is 5.97 Å². The summed E-state index contributed by atoms with van der Waals surface area (Å²) in [5, 5.41) is 9.68. The zero-order valence-electron chi connectivity index (χ0n) is 15.1. The largest absolute Gasteiger partial charge is 0.458 e. The molecular formula is C22H30O3. The molecular weight excluding hydrogens is 312 g/mol. The summed E-state index contributed by atoms with van der Waals surface area (Å²) in [4.78, 5) is 10.9. The van der Waals surface area contributed by atoms with Crippen LogP contribution in [0.1, 0.15) is 45.4 Å². The Balaban J connectivity index is 2.07. The number of ether oxygens (including phenoxy) is 1. The monoisotopic (exact) mass is 342 g/mol. The van der Waals surface area contributed by atoms with Gasteiger partial charge in [0, 0.05) is 6.42 Å². The van der Waals surface area contributed by atoms with Crippen LogP contribution in [0.5, 0.6) is 0 Å². The quantitative estimate of drug-likeness (QED) is 0.327. The summed E-state index contributed by atoms with van der Waals surface area (Å²) in [6.07, 6.45) is 28.2. The lowest BCUT2D eigenvalue weighted by Crippen LogP contribution is -2.01. The summed E-state index contributed by atoms with van der Waals surface area (Å²) in [6, 6.07) is 0. The van der Waals surface area contributed by atoms with Crippen LogP contribution in [0, 0.1) is 0 Å². The first-order valence-electron chi connectivity index (χ1n) is 9.06. The molecule has 0 saturated carbocycles. The number of carbonyl (C=O) groups excluding carboxylic acids is 1. The highest BCUT2D eigenvalue weighted by atomic mass is 16.5. The van der Waals surface area contributed by atoms with E-state index in [1.54, 1.807) is 6.08 Å². The molecule has 0 aromatic carbocycles. The normalized spacial score (nSPS) is 20.4. The van der Waals surface area contributed by atoms with Crippen molar-refractivity contribution in [1.29, 1.82) is 0 Å². The first kappa shape index (κ1) is 20.9. The van der Waals surface area contributed by atoms with E-state index in [1.807, 2.05) is 36.5 Å². The summed E-state index contributed by atoms with van der Waals surface area (Å²) in [7, 11) is 0. The SMILES string of the molecule is CC/C=C\C[C@H](O)/C=C/C=C\C/C=C\C/C=C\C=C\C1CCC(=O)O1. The molecule has 2 atom stereocenters. The minimum absolute atomic E-state index is 0.0490. The first-order chi connectivity index (χ1) is 12.2. The van der Waals surface area contributed by atoms with Gasteiger partial charge in [0.1, 0.15) is 6.10 Å². The summed E-state index contributed by atoms with van der Waals surface area (Å²) < 4.78 is 5.09. The second kappa shape index (κ2) is 14.2. The molecule has 0 aromatic heterocycles. The topological polar surface area (TPSA) is 46.5 Å². The second-order valence-corrected chi connectivity index (χ2v) is 5.82. The van der Waals surface area contributed by atoms with E-state index in [-0.39, 0.29) is 12.1 Å². The standard InChI is InChI=1S/C22H30O3/c1-2-3-12-15-20(23)16-13-10-8-6-4-5-7-9-11-14-17-21-18-19-22(24)25-21/h3-5,8-14,16-17,20-21,23H,2,6-7,15,18-19H2,1H3/b5-4-,10-8-,11-9-,12-3-,16-13+,17-14+/t20-,21?/m0/s1. The van der Waals surface area contributed by atoms with Crippen molar-refractivity contribution >= 4 is 5.97 Å². The fourth-order valence-corrected chi connectivity index (χ4v) is 2.21. The van der Waals surface area contributed by atoms with Gasteiger partial charge in [-0.3, -0.25) is 4.79 Å². The number of aliphatic hydroxyl groups excluding tert-OH is 1. The van der Waals surface area contributed by atoms with E-state index in [4.69, 9.17) is 4.74 Å². The van der Waals surface area contributed by atoms with Crippen molar-refractivity contribution in [2.45, 2.75) is 57.7 Å². The maximum Gasteiger partial charge on any atom is 0.306 e. The van der Waals surface area contributed by atoms with Crippen LogP contribution in [-0.2, 0) is 9.53 Å². The Kier molecular flexibility index (Phi) is 11.9. The van der Waals surface area contributed by atoms with Crippen LogP contribution >= 0.6 is 0 Å². The fourth-order valence-electron chi connectivity index (χ4n) is 2.21. The molecule has 1 aliphatic heterocycles. The molecule has 0 spiro atoms. The number of cyclic esters (lactones) is 1. The Labute approximate surface area is 151 Å². The molecule has 0 amide bonds. The molecule has 3 heteroatoms. The van der Waals surface area contributed by atoms with Crippen molar-refractivity contribution in [3.8, 4) is 0 Å².